The van der Waals surface area contributed by atoms with Crippen LogP contribution in [0.2, 0.25) is 10.0 Å². The Kier molecular flexibility index (Phi) is 5.61. The molecule has 1 aliphatic rings. The Bertz CT molecular complexity index is 496. The average molecular weight is 334 g/mol. The molecule has 0 bridgehead atoms. The van der Waals surface area contributed by atoms with Gasteiger partial charge in [-0.15, -0.1) is 11.8 Å². The zero-order valence-corrected chi connectivity index (χ0v) is 14.0. The highest BCUT2D eigenvalue weighted by Gasteiger charge is 2.32. The maximum absolute atomic E-state index is 12.0. The normalized spacial score (nSPS) is 19.1. The molecule has 1 amide bonds. The van der Waals surface area contributed by atoms with Crippen molar-refractivity contribution < 1.29 is 9.69 Å². The first-order valence-electron chi connectivity index (χ1n) is 6.64. The van der Waals surface area contributed by atoms with Crippen LogP contribution >= 0.6 is 35.0 Å². The van der Waals surface area contributed by atoms with Crippen molar-refractivity contribution in [2.45, 2.75) is 11.8 Å². The van der Waals surface area contributed by atoms with Crippen LogP contribution in [0.1, 0.15) is 17.4 Å². The molecule has 0 spiro atoms. The van der Waals surface area contributed by atoms with Crippen LogP contribution in [-0.4, -0.2) is 43.7 Å². The van der Waals surface area contributed by atoms with Gasteiger partial charge in [0.15, 0.2) is 0 Å². The summed E-state index contributed by atoms with van der Waals surface area (Å²) in [5, 5.41) is 1.16. The van der Waals surface area contributed by atoms with Gasteiger partial charge >= 0.3 is 0 Å². The lowest BCUT2D eigenvalue weighted by Crippen LogP contribution is -3.05. The quantitative estimate of drug-likeness (QED) is 0.892. The number of hydrogen-bond acceptors (Lipinski definition) is 2. The Balaban J connectivity index is 2.08. The average Bonchev–Trinajstić information content (AvgIpc) is 2.74. The van der Waals surface area contributed by atoms with Gasteiger partial charge in [-0.05, 0) is 17.7 Å². The molecule has 1 N–H and O–H groups in total. The number of quaternary nitrogens is 1. The first-order chi connectivity index (χ1) is 9.49. The topological polar surface area (TPSA) is 24.8 Å². The highest BCUT2D eigenvalue weighted by Crippen LogP contribution is 2.40. The molecule has 3 nitrogen and oxygen atoms in total. The summed E-state index contributed by atoms with van der Waals surface area (Å²) >= 11 is 13.7. The smallest absolute Gasteiger partial charge is 0.233 e. The molecule has 110 valence electrons. The van der Waals surface area contributed by atoms with Crippen molar-refractivity contribution in [2.24, 2.45) is 0 Å². The van der Waals surface area contributed by atoms with Crippen molar-refractivity contribution >= 4 is 40.9 Å². The second kappa shape index (κ2) is 7.03. The number of thioether (sulfide) groups is 1. The van der Waals surface area contributed by atoms with E-state index in [9.17, 15) is 4.79 Å². The summed E-state index contributed by atoms with van der Waals surface area (Å²) in [5.74, 6) is 0.750. The third-order valence-corrected chi connectivity index (χ3v) is 5.27. The van der Waals surface area contributed by atoms with Gasteiger partial charge in [0.2, 0.25) is 5.91 Å². The summed E-state index contributed by atoms with van der Waals surface area (Å²) in [6.45, 7) is 1.85. The highest BCUT2D eigenvalue weighted by molar-refractivity contribution is 8.00. The Morgan fingerprint density at radius 2 is 2.10 bits per heavy atom. The lowest BCUT2D eigenvalue weighted by Gasteiger charge is -2.24. The molecule has 20 heavy (non-hydrogen) atoms. The molecule has 0 saturated carbocycles. The largest absolute Gasteiger partial charge is 0.340 e. The summed E-state index contributed by atoms with van der Waals surface area (Å²) < 4.78 is 0. The standard InChI is InChI=1S/C14H18Cl2N2OS/c1-17(2)6-3-7-18-13(19)9-20-14(18)10-4-5-11(15)12(16)8-10/h4-5,8,14H,3,6-7,9H2,1-2H3/p+1. The molecule has 6 heteroatoms. The van der Waals surface area contributed by atoms with Crippen molar-refractivity contribution in [3.63, 3.8) is 0 Å². The van der Waals surface area contributed by atoms with Crippen molar-refractivity contribution in [3.8, 4) is 0 Å². The Hall–Kier alpha value is -0.420. The van der Waals surface area contributed by atoms with Gasteiger partial charge in [-0.1, -0.05) is 29.3 Å². The number of amides is 1. The monoisotopic (exact) mass is 333 g/mol. The fourth-order valence-corrected chi connectivity index (χ4v) is 3.76. The van der Waals surface area contributed by atoms with Gasteiger partial charge in [0.05, 0.1) is 36.4 Å². The molecule has 1 heterocycles. The summed E-state index contributed by atoms with van der Waals surface area (Å²) in [7, 11) is 4.24. The molecule has 1 aromatic rings. The van der Waals surface area contributed by atoms with Gasteiger partial charge in [0, 0.05) is 13.0 Å². The van der Waals surface area contributed by atoms with E-state index < -0.39 is 0 Å². The SMILES string of the molecule is C[NH+](C)CCCN1C(=O)CSC1c1ccc(Cl)c(Cl)c1. The van der Waals surface area contributed by atoms with E-state index in [4.69, 9.17) is 23.2 Å². The molecule has 1 unspecified atom stereocenters. The molecule has 1 fully saturated rings. The second-order valence-electron chi connectivity index (χ2n) is 5.23. The zero-order valence-electron chi connectivity index (χ0n) is 11.7. The summed E-state index contributed by atoms with van der Waals surface area (Å²) in [5.41, 5.74) is 1.05. The molecule has 1 atom stereocenters. The molecule has 2 rings (SSSR count). The highest BCUT2D eigenvalue weighted by atomic mass is 35.5. The van der Waals surface area contributed by atoms with Gasteiger partial charge in [-0.3, -0.25) is 4.79 Å². The number of nitrogens with zero attached hydrogens (tertiary/aromatic N) is 1. The molecular formula is C14H19Cl2N2OS+. The predicted octanol–water partition coefficient (Wildman–Crippen LogP) is 2.10. The van der Waals surface area contributed by atoms with E-state index in [1.54, 1.807) is 17.8 Å². The number of benzene rings is 1. The lowest BCUT2D eigenvalue weighted by atomic mass is 10.2. The minimum Gasteiger partial charge on any atom is -0.340 e. The Morgan fingerprint density at radius 1 is 1.35 bits per heavy atom. The van der Waals surface area contributed by atoms with Crippen molar-refractivity contribution in [3.05, 3.63) is 33.8 Å². The van der Waals surface area contributed by atoms with Gasteiger partial charge in [0.25, 0.3) is 0 Å². The molecule has 0 aromatic heterocycles. The zero-order chi connectivity index (χ0) is 14.7. The Morgan fingerprint density at radius 3 is 2.75 bits per heavy atom. The summed E-state index contributed by atoms with van der Waals surface area (Å²) in [6, 6.07) is 5.61. The summed E-state index contributed by atoms with van der Waals surface area (Å²) in [4.78, 5) is 15.4. The second-order valence-corrected chi connectivity index (χ2v) is 7.12. The number of halogens is 2. The lowest BCUT2D eigenvalue weighted by molar-refractivity contribution is -0.858. The first-order valence-corrected chi connectivity index (χ1v) is 8.44. The van der Waals surface area contributed by atoms with Gasteiger partial charge < -0.3 is 9.80 Å². The predicted molar refractivity (Wildman–Crippen MR) is 85.7 cm³/mol. The van der Waals surface area contributed by atoms with Crippen LogP contribution in [0.25, 0.3) is 0 Å². The van der Waals surface area contributed by atoms with E-state index >= 15 is 0 Å². The Labute approximate surface area is 134 Å². The van der Waals surface area contributed by atoms with Crippen LogP contribution in [0.5, 0.6) is 0 Å². The van der Waals surface area contributed by atoms with Crippen LogP contribution < -0.4 is 4.90 Å². The van der Waals surface area contributed by atoms with Gasteiger partial charge in [-0.25, -0.2) is 0 Å². The number of carbonyl (C=O) groups is 1. The van der Waals surface area contributed by atoms with Crippen molar-refractivity contribution in [1.82, 2.24) is 4.90 Å². The van der Waals surface area contributed by atoms with Crippen LogP contribution in [0.4, 0.5) is 0 Å². The van der Waals surface area contributed by atoms with Crippen molar-refractivity contribution in [2.75, 3.05) is 32.9 Å². The number of nitrogens with one attached hydrogen (secondary N) is 1. The fourth-order valence-electron chi connectivity index (χ4n) is 2.24. The van der Waals surface area contributed by atoms with E-state index in [-0.39, 0.29) is 11.3 Å². The summed E-state index contributed by atoms with van der Waals surface area (Å²) in [6.07, 6.45) is 1.01. The van der Waals surface area contributed by atoms with Crippen LogP contribution in [0.15, 0.2) is 18.2 Å². The van der Waals surface area contributed by atoms with Crippen LogP contribution in [0, 0.1) is 0 Å². The van der Waals surface area contributed by atoms with E-state index in [1.807, 2.05) is 17.0 Å². The number of hydrogen-bond donors (Lipinski definition) is 1. The van der Waals surface area contributed by atoms with E-state index in [1.165, 1.54) is 4.90 Å². The molecule has 0 aliphatic carbocycles. The van der Waals surface area contributed by atoms with E-state index in [0.717, 1.165) is 25.1 Å². The van der Waals surface area contributed by atoms with E-state index in [0.29, 0.717) is 15.8 Å². The van der Waals surface area contributed by atoms with Gasteiger partial charge in [0.1, 0.15) is 5.37 Å². The third kappa shape index (κ3) is 3.82. The van der Waals surface area contributed by atoms with Crippen LogP contribution in [-0.2, 0) is 4.79 Å². The number of carbonyl (C=O) groups excluding carboxylic acids is 1. The van der Waals surface area contributed by atoms with E-state index in [2.05, 4.69) is 14.1 Å². The third-order valence-electron chi connectivity index (χ3n) is 3.27. The molecule has 1 aromatic carbocycles. The maximum Gasteiger partial charge on any atom is 0.233 e. The van der Waals surface area contributed by atoms with Crippen molar-refractivity contribution in [1.29, 1.82) is 0 Å². The molecule has 1 aliphatic heterocycles. The fraction of sp³-hybridized carbons (Fsp3) is 0.500. The van der Waals surface area contributed by atoms with Crippen LogP contribution in [0.3, 0.4) is 0 Å². The van der Waals surface area contributed by atoms with Gasteiger partial charge in [-0.2, -0.15) is 0 Å². The number of rotatable bonds is 5. The minimum absolute atomic E-state index is 0.0643. The first kappa shape index (κ1) is 16.0. The molecule has 1 saturated heterocycles. The maximum atomic E-state index is 12.0. The molecule has 0 radical (unpaired) electrons. The molecular weight excluding hydrogens is 315 g/mol. The minimum atomic E-state index is 0.0643.